The topological polar surface area (TPSA) is 0 Å². The van der Waals surface area contributed by atoms with Crippen molar-refractivity contribution < 1.29 is 1.43 Å². The first kappa shape index (κ1) is 24.5. The molecule has 0 N–H and O–H groups in total. The lowest BCUT2D eigenvalue weighted by atomic mass is 10.2. The Morgan fingerprint density at radius 3 is 0.857 bits per heavy atom. The van der Waals surface area contributed by atoms with Crippen LogP contribution in [0.4, 0.5) is 0 Å². The van der Waals surface area contributed by atoms with Gasteiger partial charge in [0, 0.05) is 1.43 Å². The van der Waals surface area contributed by atoms with Crippen molar-refractivity contribution in [1.29, 1.82) is 0 Å². The van der Waals surface area contributed by atoms with Gasteiger partial charge in [-0.25, -0.2) is 0 Å². The van der Waals surface area contributed by atoms with Crippen molar-refractivity contribution in [3.63, 3.8) is 0 Å². The first-order chi connectivity index (χ1) is 10.2. The molecule has 0 fully saturated rings. The zero-order valence-electron chi connectivity index (χ0n) is 15.7. The molecule has 0 aromatic heterocycles. The third kappa shape index (κ3) is 18.4. The van der Waals surface area contributed by atoms with E-state index < -0.39 is 0 Å². The van der Waals surface area contributed by atoms with E-state index in [0.717, 1.165) is 0 Å². The van der Waals surface area contributed by atoms with E-state index in [1.54, 1.807) is 0 Å². The van der Waals surface area contributed by atoms with Crippen LogP contribution in [0.15, 0.2) is 54.6 Å². The van der Waals surface area contributed by atoms with E-state index >= 15 is 0 Å². The third-order valence-corrected chi connectivity index (χ3v) is 2.16. The maximum atomic E-state index is 2.12. The van der Waals surface area contributed by atoms with Gasteiger partial charge in [-0.1, -0.05) is 113 Å². The highest BCUT2D eigenvalue weighted by Gasteiger charge is 1.79. The molecule has 2 rings (SSSR count). The number of rotatable bonds is 0. The Bertz CT molecular complexity index is 355. The van der Waals surface area contributed by atoms with Crippen molar-refractivity contribution in [2.45, 2.75) is 62.3 Å². The van der Waals surface area contributed by atoms with Gasteiger partial charge in [0.1, 0.15) is 0 Å². The predicted molar refractivity (Wildman–Crippen MR) is 103 cm³/mol. The van der Waals surface area contributed by atoms with E-state index in [-0.39, 0.29) is 1.43 Å². The smallest absolute Gasteiger partial charge is 0 e. The second-order valence-electron chi connectivity index (χ2n) is 3.81. The minimum Gasteiger partial charge on any atom is -0.0683 e. The quantitative estimate of drug-likeness (QED) is 0.468. The Kier molecular flexibility index (Phi) is 24.2. The standard InChI is InChI=1S/C8H10.C7H8.3C2H6.H2/c1-7-3-5-8(2)6-4-7;1-7-5-3-2-4-6-7;3*1-2;/h3-6H,1-2H3;2-6H,1H3;3*1-2H3;1H. The lowest BCUT2D eigenvalue weighted by Crippen LogP contribution is -1.70. The van der Waals surface area contributed by atoms with Crippen LogP contribution in [0.5, 0.6) is 0 Å². The maximum Gasteiger partial charge on any atom is 0 e. The molecule has 0 aliphatic heterocycles. The van der Waals surface area contributed by atoms with Gasteiger partial charge in [-0.2, -0.15) is 0 Å². The van der Waals surface area contributed by atoms with Crippen molar-refractivity contribution in [3.05, 3.63) is 71.3 Å². The van der Waals surface area contributed by atoms with Crippen molar-refractivity contribution in [1.82, 2.24) is 0 Å². The van der Waals surface area contributed by atoms with E-state index in [0.29, 0.717) is 0 Å². The molecule has 0 aliphatic carbocycles. The monoisotopic (exact) mass is 290 g/mol. The summed E-state index contributed by atoms with van der Waals surface area (Å²) in [6, 6.07) is 18.7. The SMILES string of the molecule is CC.CC.CC.Cc1ccc(C)cc1.Cc1ccccc1.[HH]. The highest BCUT2D eigenvalue weighted by Crippen LogP contribution is 1.99. The average molecular weight is 291 g/mol. The summed E-state index contributed by atoms with van der Waals surface area (Å²) in [5, 5.41) is 0. The molecule has 0 saturated carbocycles. The van der Waals surface area contributed by atoms with Gasteiger partial charge in [-0.15, -0.1) is 0 Å². The molecule has 0 heterocycles. The van der Waals surface area contributed by atoms with Gasteiger partial charge in [0.2, 0.25) is 0 Å². The highest BCUT2D eigenvalue weighted by atomic mass is 13.9. The molecule has 0 aliphatic rings. The molecule has 0 unspecified atom stereocenters. The molecule has 0 bridgehead atoms. The van der Waals surface area contributed by atoms with Gasteiger partial charge in [0.15, 0.2) is 0 Å². The average Bonchev–Trinajstić information content (AvgIpc) is 2.57. The molecule has 0 saturated heterocycles. The van der Waals surface area contributed by atoms with Crippen LogP contribution < -0.4 is 0 Å². The summed E-state index contributed by atoms with van der Waals surface area (Å²) in [4.78, 5) is 0. The van der Waals surface area contributed by atoms with Crippen molar-refractivity contribution in [3.8, 4) is 0 Å². The van der Waals surface area contributed by atoms with Crippen LogP contribution in [0.2, 0.25) is 0 Å². The van der Waals surface area contributed by atoms with Gasteiger partial charge in [-0.3, -0.25) is 0 Å². The van der Waals surface area contributed by atoms with Gasteiger partial charge >= 0.3 is 0 Å². The first-order valence-electron chi connectivity index (χ1n) is 8.23. The molecule has 122 valence electrons. The fourth-order valence-electron chi connectivity index (χ4n) is 1.17. The normalized spacial score (nSPS) is 7.29. The van der Waals surface area contributed by atoms with Gasteiger partial charge in [0.05, 0.1) is 0 Å². The summed E-state index contributed by atoms with van der Waals surface area (Å²) in [5.74, 6) is 0. The van der Waals surface area contributed by atoms with Crippen LogP contribution in [0.3, 0.4) is 0 Å². The fraction of sp³-hybridized carbons (Fsp3) is 0.429. The number of hydrogen-bond acceptors (Lipinski definition) is 0. The molecular weight excluding hydrogens is 252 g/mol. The molecule has 21 heavy (non-hydrogen) atoms. The molecule has 0 amide bonds. The summed E-state index contributed by atoms with van der Waals surface area (Å²) >= 11 is 0. The number of hydrogen-bond donors (Lipinski definition) is 0. The lowest BCUT2D eigenvalue weighted by Gasteiger charge is -1.90. The van der Waals surface area contributed by atoms with E-state index in [2.05, 4.69) is 57.2 Å². The molecule has 0 radical (unpaired) electrons. The fourth-order valence-corrected chi connectivity index (χ4v) is 1.17. The molecule has 0 spiro atoms. The lowest BCUT2D eigenvalue weighted by molar-refractivity contribution is 1.40. The minimum absolute atomic E-state index is 0. The third-order valence-electron chi connectivity index (χ3n) is 2.16. The summed E-state index contributed by atoms with van der Waals surface area (Å²) < 4.78 is 0. The molecule has 2 aromatic carbocycles. The molecule has 2 aromatic rings. The first-order valence-corrected chi connectivity index (χ1v) is 8.23. The number of aryl methyl sites for hydroxylation is 3. The molecule has 0 nitrogen and oxygen atoms in total. The molecular formula is C21H38. The highest BCUT2D eigenvalue weighted by molar-refractivity contribution is 5.19. The van der Waals surface area contributed by atoms with E-state index in [1.165, 1.54) is 16.7 Å². The van der Waals surface area contributed by atoms with Gasteiger partial charge < -0.3 is 0 Å². The van der Waals surface area contributed by atoms with Crippen molar-refractivity contribution >= 4 is 0 Å². The summed E-state index contributed by atoms with van der Waals surface area (Å²) in [6.07, 6.45) is 0. The Balaban J connectivity index is -0.000000107. The van der Waals surface area contributed by atoms with Crippen molar-refractivity contribution in [2.75, 3.05) is 0 Å². The Morgan fingerprint density at radius 2 is 0.667 bits per heavy atom. The maximum absolute atomic E-state index is 2.12. The zero-order chi connectivity index (χ0) is 17.1. The Labute approximate surface area is 135 Å². The molecule has 0 heteroatoms. The van der Waals surface area contributed by atoms with E-state index in [1.807, 2.05) is 59.7 Å². The van der Waals surface area contributed by atoms with Crippen LogP contribution in [-0.4, -0.2) is 0 Å². The van der Waals surface area contributed by atoms with Crippen molar-refractivity contribution in [2.24, 2.45) is 0 Å². The predicted octanol–water partition coefficient (Wildman–Crippen LogP) is 7.62. The zero-order valence-corrected chi connectivity index (χ0v) is 15.7. The number of benzene rings is 2. The van der Waals surface area contributed by atoms with E-state index in [4.69, 9.17) is 0 Å². The second-order valence-corrected chi connectivity index (χ2v) is 3.81. The minimum atomic E-state index is 0. The molecule has 0 atom stereocenters. The van der Waals surface area contributed by atoms with Crippen LogP contribution in [-0.2, 0) is 0 Å². The van der Waals surface area contributed by atoms with E-state index in [9.17, 15) is 0 Å². The summed E-state index contributed by atoms with van der Waals surface area (Å²) in [6.45, 7) is 18.3. The second kappa shape index (κ2) is 20.8. The summed E-state index contributed by atoms with van der Waals surface area (Å²) in [7, 11) is 0. The largest absolute Gasteiger partial charge is 0.0683 e. The van der Waals surface area contributed by atoms with Crippen LogP contribution in [0.1, 0.15) is 59.7 Å². The summed E-state index contributed by atoms with van der Waals surface area (Å²) in [5.41, 5.74) is 3.98. The Morgan fingerprint density at radius 1 is 0.429 bits per heavy atom. The van der Waals surface area contributed by atoms with Crippen LogP contribution in [0, 0.1) is 20.8 Å². The Hall–Kier alpha value is -1.56. The van der Waals surface area contributed by atoms with Crippen LogP contribution in [0.25, 0.3) is 0 Å². The van der Waals surface area contributed by atoms with Gasteiger partial charge in [-0.05, 0) is 20.8 Å². The van der Waals surface area contributed by atoms with Gasteiger partial charge in [0.25, 0.3) is 0 Å². The van der Waals surface area contributed by atoms with Crippen LogP contribution >= 0.6 is 0 Å².